The Bertz CT molecular complexity index is 637. The Morgan fingerprint density at radius 2 is 2.10 bits per heavy atom. The molecule has 1 amide bonds. The van der Waals surface area contributed by atoms with Crippen molar-refractivity contribution >= 4 is 23.4 Å². The monoisotopic (exact) mass is 291 g/mol. The highest BCUT2D eigenvalue weighted by Crippen LogP contribution is 2.30. The van der Waals surface area contributed by atoms with Gasteiger partial charge in [0.2, 0.25) is 0 Å². The maximum absolute atomic E-state index is 11.5. The molecule has 6 heteroatoms. The minimum absolute atomic E-state index is 0.250. The van der Waals surface area contributed by atoms with Crippen molar-refractivity contribution in [2.75, 3.05) is 5.73 Å². The second kappa shape index (κ2) is 6.02. The smallest absolute Gasteiger partial charge is 0.301 e. The van der Waals surface area contributed by atoms with E-state index < -0.39 is 5.91 Å². The molecule has 0 saturated carbocycles. The Hall–Kier alpha value is -1.92. The molecule has 0 fully saturated rings. The summed E-state index contributed by atoms with van der Waals surface area (Å²) in [6, 6.07) is 7.73. The van der Waals surface area contributed by atoms with E-state index in [0.717, 1.165) is 21.7 Å². The van der Waals surface area contributed by atoms with Crippen molar-refractivity contribution in [1.82, 2.24) is 5.43 Å². The van der Waals surface area contributed by atoms with Gasteiger partial charge >= 0.3 is 5.91 Å². The molecule has 106 valence electrons. The fourth-order valence-electron chi connectivity index (χ4n) is 1.83. The molecular weight excluding hydrogens is 274 g/mol. The number of hydrazine groups is 1. The van der Waals surface area contributed by atoms with Crippen molar-refractivity contribution in [2.24, 2.45) is 5.84 Å². The molecule has 0 spiro atoms. The van der Waals surface area contributed by atoms with Gasteiger partial charge < -0.3 is 10.2 Å². The number of thioether (sulfide) groups is 1. The molecule has 20 heavy (non-hydrogen) atoms. The summed E-state index contributed by atoms with van der Waals surface area (Å²) in [7, 11) is 0. The van der Waals surface area contributed by atoms with Gasteiger partial charge in [0.25, 0.3) is 0 Å². The number of rotatable bonds is 4. The quantitative estimate of drug-likeness (QED) is 0.264. The molecule has 1 aromatic heterocycles. The van der Waals surface area contributed by atoms with E-state index in [1.807, 2.05) is 38.1 Å². The second-order valence-corrected chi connectivity index (χ2v) is 5.55. The maximum atomic E-state index is 11.5. The van der Waals surface area contributed by atoms with Crippen molar-refractivity contribution in [1.29, 1.82) is 0 Å². The third-order valence-electron chi connectivity index (χ3n) is 2.85. The summed E-state index contributed by atoms with van der Waals surface area (Å²) in [5.41, 5.74) is 10.7. The van der Waals surface area contributed by atoms with Gasteiger partial charge in [-0.1, -0.05) is 6.07 Å². The molecule has 0 bridgehead atoms. The van der Waals surface area contributed by atoms with Crippen molar-refractivity contribution in [3.05, 3.63) is 46.9 Å². The van der Waals surface area contributed by atoms with E-state index >= 15 is 0 Å². The number of nitrogens with one attached hydrogen (secondary N) is 1. The van der Waals surface area contributed by atoms with Gasteiger partial charge in [-0.25, -0.2) is 5.84 Å². The van der Waals surface area contributed by atoms with Gasteiger partial charge in [0.05, 0.1) is 5.75 Å². The van der Waals surface area contributed by atoms with E-state index in [-0.39, 0.29) is 5.76 Å². The SMILES string of the molecule is Cc1ccc(N)c(SCc2cc(C)c(C(=O)NN)o2)c1. The largest absolute Gasteiger partial charge is 0.455 e. The zero-order valence-electron chi connectivity index (χ0n) is 11.4. The lowest BCUT2D eigenvalue weighted by molar-refractivity contribution is 0.0923. The Balaban J connectivity index is 2.11. The van der Waals surface area contributed by atoms with Crippen LogP contribution in [0.1, 0.15) is 27.4 Å². The van der Waals surface area contributed by atoms with E-state index in [4.69, 9.17) is 16.0 Å². The zero-order valence-corrected chi connectivity index (χ0v) is 12.2. The van der Waals surface area contributed by atoms with Gasteiger partial charge in [-0.3, -0.25) is 10.2 Å². The maximum Gasteiger partial charge on any atom is 0.301 e. The van der Waals surface area contributed by atoms with Crippen LogP contribution in [0.3, 0.4) is 0 Å². The first-order valence-corrected chi connectivity index (χ1v) is 7.09. The van der Waals surface area contributed by atoms with Crippen LogP contribution in [0.25, 0.3) is 0 Å². The molecule has 0 aliphatic carbocycles. The van der Waals surface area contributed by atoms with E-state index in [1.54, 1.807) is 11.8 Å². The number of carbonyl (C=O) groups excluding carboxylic acids is 1. The lowest BCUT2D eigenvalue weighted by Crippen LogP contribution is -2.30. The molecule has 2 aromatic rings. The fraction of sp³-hybridized carbons (Fsp3) is 0.214. The molecule has 0 atom stereocenters. The summed E-state index contributed by atoms with van der Waals surface area (Å²) in [5.74, 6) is 6.25. The molecular formula is C14H17N3O2S. The van der Waals surface area contributed by atoms with Gasteiger partial charge in [0, 0.05) is 16.1 Å². The standard InChI is InChI=1S/C14H17N3O2S/c1-8-3-4-11(15)12(5-8)20-7-10-6-9(2)13(19-10)14(18)17-16/h3-6H,7,15-16H2,1-2H3,(H,17,18). The molecule has 1 aromatic carbocycles. The van der Waals surface area contributed by atoms with Gasteiger partial charge in [0.15, 0.2) is 5.76 Å². The highest BCUT2D eigenvalue weighted by atomic mass is 32.2. The van der Waals surface area contributed by atoms with Crippen LogP contribution in [0, 0.1) is 13.8 Å². The van der Waals surface area contributed by atoms with Crippen LogP contribution in [0.15, 0.2) is 33.6 Å². The number of hydrogen-bond acceptors (Lipinski definition) is 5. The van der Waals surface area contributed by atoms with Crippen LogP contribution in [0.4, 0.5) is 5.69 Å². The number of anilines is 1. The third-order valence-corrected chi connectivity index (χ3v) is 3.94. The minimum Gasteiger partial charge on any atom is -0.455 e. The Labute approximate surface area is 121 Å². The number of amides is 1. The number of nitrogens with two attached hydrogens (primary N) is 2. The summed E-state index contributed by atoms with van der Waals surface area (Å²) in [4.78, 5) is 12.5. The Kier molecular flexibility index (Phi) is 4.36. The number of benzene rings is 1. The summed E-state index contributed by atoms with van der Waals surface area (Å²) < 4.78 is 5.51. The van der Waals surface area contributed by atoms with Crippen LogP contribution in [0.5, 0.6) is 0 Å². The van der Waals surface area contributed by atoms with Gasteiger partial charge in [-0.2, -0.15) is 0 Å². The Morgan fingerprint density at radius 1 is 1.35 bits per heavy atom. The molecule has 5 nitrogen and oxygen atoms in total. The first-order chi connectivity index (χ1) is 9.51. The molecule has 0 radical (unpaired) electrons. The predicted octanol–water partition coefficient (Wildman–Crippen LogP) is 2.37. The van der Waals surface area contributed by atoms with Crippen LogP contribution >= 0.6 is 11.8 Å². The van der Waals surface area contributed by atoms with E-state index in [0.29, 0.717) is 11.5 Å². The summed E-state index contributed by atoms with van der Waals surface area (Å²) >= 11 is 1.57. The average molecular weight is 291 g/mol. The van der Waals surface area contributed by atoms with Crippen LogP contribution < -0.4 is 17.0 Å². The third kappa shape index (κ3) is 3.15. The zero-order chi connectivity index (χ0) is 14.7. The second-order valence-electron chi connectivity index (χ2n) is 4.53. The Morgan fingerprint density at radius 3 is 2.80 bits per heavy atom. The fourth-order valence-corrected chi connectivity index (χ4v) is 2.77. The first kappa shape index (κ1) is 14.5. The summed E-state index contributed by atoms with van der Waals surface area (Å²) in [6.45, 7) is 3.83. The average Bonchev–Trinajstić information content (AvgIpc) is 2.80. The lowest BCUT2D eigenvalue weighted by Gasteiger charge is -2.05. The molecule has 0 aliphatic heterocycles. The van der Waals surface area contributed by atoms with E-state index in [1.165, 1.54) is 0 Å². The normalized spacial score (nSPS) is 10.6. The van der Waals surface area contributed by atoms with Crippen LogP contribution in [0.2, 0.25) is 0 Å². The highest BCUT2D eigenvalue weighted by molar-refractivity contribution is 7.98. The lowest BCUT2D eigenvalue weighted by atomic mass is 10.2. The van der Waals surface area contributed by atoms with Crippen molar-refractivity contribution in [3.63, 3.8) is 0 Å². The van der Waals surface area contributed by atoms with Gasteiger partial charge in [-0.05, 0) is 37.6 Å². The molecule has 0 saturated heterocycles. The predicted molar refractivity (Wildman–Crippen MR) is 80.3 cm³/mol. The number of nitrogen functional groups attached to an aromatic ring is 2. The van der Waals surface area contributed by atoms with Crippen LogP contribution in [-0.2, 0) is 5.75 Å². The molecule has 0 unspecified atom stereocenters. The summed E-state index contributed by atoms with van der Waals surface area (Å²) in [5, 5.41) is 0. The number of aryl methyl sites for hydroxylation is 2. The number of carbonyl (C=O) groups is 1. The van der Waals surface area contributed by atoms with Gasteiger partial charge in [-0.15, -0.1) is 11.8 Å². The van der Waals surface area contributed by atoms with Crippen LogP contribution in [-0.4, -0.2) is 5.91 Å². The topological polar surface area (TPSA) is 94.3 Å². The first-order valence-electron chi connectivity index (χ1n) is 6.10. The van der Waals surface area contributed by atoms with Gasteiger partial charge in [0.1, 0.15) is 5.76 Å². The van der Waals surface area contributed by atoms with E-state index in [9.17, 15) is 4.79 Å². The molecule has 2 rings (SSSR count). The van der Waals surface area contributed by atoms with Crippen molar-refractivity contribution in [3.8, 4) is 0 Å². The summed E-state index contributed by atoms with van der Waals surface area (Å²) in [6.07, 6.45) is 0. The number of hydrogen-bond donors (Lipinski definition) is 3. The van der Waals surface area contributed by atoms with E-state index in [2.05, 4.69) is 5.43 Å². The molecule has 0 aliphatic rings. The molecule has 1 heterocycles. The van der Waals surface area contributed by atoms with Crippen molar-refractivity contribution in [2.45, 2.75) is 24.5 Å². The highest BCUT2D eigenvalue weighted by Gasteiger charge is 2.14. The number of furan rings is 1. The minimum atomic E-state index is -0.422. The molecule has 5 N–H and O–H groups in total. The van der Waals surface area contributed by atoms with Crippen molar-refractivity contribution < 1.29 is 9.21 Å².